The van der Waals surface area contributed by atoms with Crippen molar-refractivity contribution in [2.24, 2.45) is 0 Å². The van der Waals surface area contributed by atoms with Gasteiger partial charge in [-0.1, -0.05) is 12.1 Å². The third-order valence-corrected chi connectivity index (χ3v) is 3.28. The number of nitro groups is 1. The maximum atomic E-state index is 12.2. The van der Waals surface area contributed by atoms with Gasteiger partial charge in [-0.3, -0.25) is 24.6 Å². The van der Waals surface area contributed by atoms with Crippen LogP contribution in [-0.2, 0) is 9.59 Å². The zero-order valence-electron chi connectivity index (χ0n) is 13.1. The van der Waals surface area contributed by atoms with Gasteiger partial charge in [0.05, 0.1) is 17.5 Å². The molecule has 0 radical (unpaired) electrons. The molecule has 0 spiro atoms. The van der Waals surface area contributed by atoms with Gasteiger partial charge in [0.1, 0.15) is 5.69 Å². The molecule has 1 N–H and O–H groups in total. The van der Waals surface area contributed by atoms with E-state index < -0.39 is 16.9 Å². The highest BCUT2D eigenvalue weighted by atomic mass is 16.6. The number of anilines is 1. The van der Waals surface area contributed by atoms with Gasteiger partial charge in [0.2, 0.25) is 11.8 Å². The summed E-state index contributed by atoms with van der Waals surface area (Å²) in [5, 5.41) is 13.4. The lowest BCUT2D eigenvalue weighted by atomic mass is 10.2. The largest absolute Gasteiger partial charge is 0.348 e. The maximum Gasteiger partial charge on any atom is 0.292 e. The number of rotatable bonds is 6. The lowest BCUT2D eigenvalue weighted by Crippen LogP contribution is -2.44. The molecule has 0 heterocycles. The molecule has 0 saturated heterocycles. The van der Waals surface area contributed by atoms with Crippen molar-refractivity contribution in [2.45, 2.75) is 13.0 Å². The SMILES string of the molecule is C[C@@H](C(=O)Nc1ccccc1[N+](=O)[O-])N(C)CC(=O)N(C)C. The average molecular weight is 308 g/mol. The molecule has 1 aromatic carbocycles. The number of hydrogen-bond donors (Lipinski definition) is 1. The molecule has 22 heavy (non-hydrogen) atoms. The first-order chi connectivity index (χ1) is 10.2. The number of nitrogens with zero attached hydrogens (tertiary/aromatic N) is 3. The molecule has 0 bridgehead atoms. The molecule has 0 fully saturated rings. The number of likely N-dealkylation sites (N-methyl/N-ethyl adjacent to an activating group) is 2. The van der Waals surface area contributed by atoms with Crippen molar-refractivity contribution in [3.8, 4) is 0 Å². The van der Waals surface area contributed by atoms with E-state index in [4.69, 9.17) is 0 Å². The number of nitro benzene ring substituents is 1. The van der Waals surface area contributed by atoms with Crippen LogP contribution in [0.15, 0.2) is 24.3 Å². The van der Waals surface area contributed by atoms with Gasteiger partial charge in [-0.05, 0) is 20.0 Å². The van der Waals surface area contributed by atoms with Crippen molar-refractivity contribution in [2.75, 3.05) is 33.0 Å². The van der Waals surface area contributed by atoms with Gasteiger partial charge in [-0.25, -0.2) is 0 Å². The van der Waals surface area contributed by atoms with E-state index in [0.717, 1.165) is 0 Å². The molecule has 0 aliphatic carbocycles. The Morgan fingerprint density at radius 3 is 2.41 bits per heavy atom. The minimum Gasteiger partial charge on any atom is -0.348 e. The monoisotopic (exact) mass is 308 g/mol. The highest BCUT2D eigenvalue weighted by Gasteiger charge is 2.23. The molecule has 0 saturated carbocycles. The Hall–Kier alpha value is -2.48. The summed E-state index contributed by atoms with van der Waals surface area (Å²) < 4.78 is 0. The van der Waals surface area contributed by atoms with E-state index in [1.54, 1.807) is 39.0 Å². The molecule has 1 rings (SSSR count). The summed E-state index contributed by atoms with van der Waals surface area (Å²) >= 11 is 0. The first-order valence-electron chi connectivity index (χ1n) is 6.68. The number of para-hydroxylation sites is 2. The Kier molecular flexibility index (Phi) is 6.00. The predicted octanol–water partition coefficient (Wildman–Crippen LogP) is 0.942. The number of carbonyl (C=O) groups excluding carboxylic acids is 2. The summed E-state index contributed by atoms with van der Waals surface area (Å²) in [6, 6.07) is 5.31. The third-order valence-electron chi connectivity index (χ3n) is 3.28. The second kappa shape index (κ2) is 7.51. The lowest BCUT2D eigenvalue weighted by molar-refractivity contribution is -0.383. The molecule has 0 aliphatic heterocycles. The lowest BCUT2D eigenvalue weighted by Gasteiger charge is -2.24. The van der Waals surface area contributed by atoms with Gasteiger partial charge in [0.25, 0.3) is 5.69 Å². The summed E-state index contributed by atoms with van der Waals surface area (Å²) in [7, 11) is 4.91. The summed E-state index contributed by atoms with van der Waals surface area (Å²) in [5.41, 5.74) is -0.0354. The number of benzene rings is 1. The van der Waals surface area contributed by atoms with Crippen molar-refractivity contribution in [1.82, 2.24) is 9.80 Å². The fourth-order valence-corrected chi connectivity index (χ4v) is 1.67. The quantitative estimate of drug-likeness (QED) is 0.623. The van der Waals surface area contributed by atoms with Crippen molar-refractivity contribution in [1.29, 1.82) is 0 Å². The van der Waals surface area contributed by atoms with Crippen LogP contribution in [0.25, 0.3) is 0 Å². The van der Waals surface area contributed by atoms with Crippen LogP contribution in [0.5, 0.6) is 0 Å². The third kappa shape index (κ3) is 4.52. The zero-order valence-corrected chi connectivity index (χ0v) is 13.1. The number of hydrogen-bond acceptors (Lipinski definition) is 5. The van der Waals surface area contributed by atoms with E-state index in [1.165, 1.54) is 23.1 Å². The van der Waals surface area contributed by atoms with E-state index in [9.17, 15) is 19.7 Å². The molecule has 120 valence electrons. The number of nitrogens with one attached hydrogen (secondary N) is 1. The Morgan fingerprint density at radius 1 is 1.27 bits per heavy atom. The van der Waals surface area contributed by atoms with Crippen LogP contribution in [0.1, 0.15) is 6.92 Å². The normalized spacial score (nSPS) is 11.9. The van der Waals surface area contributed by atoms with Crippen LogP contribution >= 0.6 is 0 Å². The highest BCUT2D eigenvalue weighted by Crippen LogP contribution is 2.23. The first-order valence-corrected chi connectivity index (χ1v) is 6.68. The molecule has 8 heteroatoms. The standard InChI is InChI=1S/C14H20N4O4/c1-10(17(4)9-13(19)16(2)3)14(20)15-11-7-5-6-8-12(11)18(21)22/h5-8,10H,9H2,1-4H3,(H,15,20)/t10-/m0/s1. The van der Waals surface area contributed by atoms with Gasteiger partial charge in [-0.2, -0.15) is 0 Å². The molecular formula is C14H20N4O4. The van der Waals surface area contributed by atoms with Gasteiger partial charge in [0.15, 0.2) is 0 Å². The van der Waals surface area contributed by atoms with Crippen molar-refractivity contribution >= 4 is 23.2 Å². The van der Waals surface area contributed by atoms with Crippen LogP contribution in [0.3, 0.4) is 0 Å². The minimum absolute atomic E-state index is 0.0818. The maximum absolute atomic E-state index is 12.2. The Bertz CT molecular complexity index is 574. The fraction of sp³-hybridized carbons (Fsp3) is 0.429. The predicted molar refractivity (Wildman–Crippen MR) is 82.5 cm³/mol. The second-order valence-corrected chi connectivity index (χ2v) is 5.14. The smallest absolute Gasteiger partial charge is 0.292 e. The number of carbonyl (C=O) groups is 2. The molecule has 8 nitrogen and oxygen atoms in total. The summed E-state index contributed by atoms with van der Waals surface area (Å²) in [5.74, 6) is -0.545. The van der Waals surface area contributed by atoms with Crippen molar-refractivity contribution < 1.29 is 14.5 Å². The molecular weight excluding hydrogens is 288 g/mol. The van der Waals surface area contributed by atoms with E-state index in [-0.39, 0.29) is 23.8 Å². The van der Waals surface area contributed by atoms with Crippen LogP contribution in [0.2, 0.25) is 0 Å². The van der Waals surface area contributed by atoms with Crippen molar-refractivity contribution in [3.05, 3.63) is 34.4 Å². The topological polar surface area (TPSA) is 95.8 Å². The van der Waals surface area contributed by atoms with E-state index in [1.807, 2.05) is 0 Å². The van der Waals surface area contributed by atoms with Gasteiger partial charge in [-0.15, -0.1) is 0 Å². The van der Waals surface area contributed by atoms with Gasteiger partial charge in [0, 0.05) is 20.2 Å². The van der Waals surface area contributed by atoms with Gasteiger partial charge < -0.3 is 10.2 Å². The summed E-state index contributed by atoms with van der Waals surface area (Å²) in [4.78, 5) is 37.2. The minimum atomic E-state index is -0.608. The van der Waals surface area contributed by atoms with Crippen LogP contribution in [0, 0.1) is 10.1 Å². The fourth-order valence-electron chi connectivity index (χ4n) is 1.67. The average Bonchev–Trinajstić information content (AvgIpc) is 2.46. The Labute approximate surface area is 128 Å². The number of amides is 2. The van der Waals surface area contributed by atoms with Crippen LogP contribution in [-0.4, -0.2) is 60.3 Å². The van der Waals surface area contributed by atoms with Crippen LogP contribution in [0.4, 0.5) is 11.4 Å². The van der Waals surface area contributed by atoms with E-state index >= 15 is 0 Å². The Morgan fingerprint density at radius 2 is 1.86 bits per heavy atom. The zero-order chi connectivity index (χ0) is 16.9. The van der Waals surface area contributed by atoms with Gasteiger partial charge >= 0.3 is 0 Å². The highest BCUT2D eigenvalue weighted by molar-refractivity contribution is 5.96. The molecule has 1 atom stereocenters. The summed E-state index contributed by atoms with van der Waals surface area (Å²) in [6.45, 7) is 1.71. The molecule has 0 unspecified atom stereocenters. The van der Waals surface area contributed by atoms with Crippen molar-refractivity contribution in [3.63, 3.8) is 0 Å². The Balaban J connectivity index is 2.76. The second-order valence-electron chi connectivity index (χ2n) is 5.14. The summed E-state index contributed by atoms with van der Waals surface area (Å²) in [6.07, 6.45) is 0. The first kappa shape index (κ1) is 17.6. The van der Waals surface area contributed by atoms with E-state index in [0.29, 0.717) is 0 Å². The van der Waals surface area contributed by atoms with E-state index in [2.05, 4.69) is 5.32 Å². The molecule has 0 aliphatic rings. The molecule has 2 amide bonds. The van der Waals surface area contributed by atoms with Crippen LogP contribution < -0.4 is 5.32 Å². The molecule has 1 aromatic rings. The molecule has 0 aromatic heterocycles.